The molecule has 11 rings (SSSR count). The minimum Gasteiger partial charge on any atom is -0.497 e. The molecule has 0 saturated heterocycles. The Kier molecular flexibility index (Phi) is 14.1. The minimum atomic E-state index is -3.93. The van der Waals surface area contributed by atoms with Crippen molar-refractivity contribution >= 4 is 40.5 Å². The van der Waals surface area contributed by atoms with Crippen LogP contribution in [0.4, 0.5) is 0 Å². The third-order valence-electron chi connectivity index (χ3n) is 13.0. The van der Waals surface area contributed by atoms with Crippen molar-refractivity contribution in [3.05, 3.63) is 248 Å². The first-order chi connectivity index (χ1) is 38.2. The lowest BCUT2D eigenvalue weighted by atomic mass is 10.0. The summed E-state index contributed by atoms with van der Waals surface area (Å²) in [7, 11) is -9.94. The summed E-state index contributed by atoms with van der Waals surface area (Å²) in [5.41, 5.74) is 7.70. The number of hydrogen-bond acceptors (Lipinski definition) is 12. The molecular weight excluding hydrogens is 1050 g/mol. The summed E-state index contributed by atoms with van der Waals surface area (Å²) in [6.07, 6.45) is 0. The molecule has 0 saturated carbocycles. The number of ether oxygens (including phenoxy) is 4. The number of fused-ring (bicyclic) bond motifs is 1. The van der Waals surface area contributed by atoms with Crippen LogP contribution in [0.25, 0.3) is 44.7 Å². The van der Waals surface area contributed by atoms with Crippen LogP contribution in [0.2, 0.25) is 0 Å². The van der Waals surface area contributed by atoms with Crippen LogP contribution in [0.1, 0.15) is 5.56 Å². The van der Waals surface area contributed by atoms with Gasteiger partial charge in [0.2, 0.25) is 29.5 Å². The minimum absolute atomic E-state index is 0.0278. The van der Waals surface area contributed by atoms with Gasteiger partial charge in [-0.3, -0.25) is 0 Å². The van der Waals surface area contributed by atoms with Gasteiger partial charge in [0.05, 0.1) is 58.9 Å². The van der Waals surface area contributed by atoms with Gasteiger partial charge in [0.1, 0.15) is 40.2 Å². The number of nitrogens with zero attached hydrogens (tertiary/aromatic N) is 2. The Morgan fingerprint density at radius 3 is 0.924 bits per heavy atom. The Morgan fingerprint density at radius 1 is 0.291 bits per heavy atom. The van der Waals surface area contributed by atoms with E-state index in [9.17, 15) is 25.3 Å². The molecule has 0 bridgehead atoms. The molecule has 0 spiro atoms. The van der Waals surface area contributed by atoms with Gasteiger partial charge in [-0.2, -0.15) is 0 Å². The van der Waals surface area contributed by atoms with Gasteiger partial charge in [0.15, 0.2) is 0 Å². The summed E-state index contributed by atoms with van der Waals surface area (Å²) in [5.74, 6) is 3.10. The van der Waals surface area contributed by atoms with E-state index in [2.05, 4.69) is 18.2 Å². The SMILES string of the molecule is COc1ccc(-c2nc3cc(-c4ccccc4)ccc3nc2-c2ccc(Oc3ccc(S(=O)(=O)c4ccc(Oc5ccc(S(=O)(=O)c6ccc(Oc7ccc(S(=O)(=O)c8ccc(C)cc8)cc7)cc6)cc5)cc4)cc3)cc2)cc1. The first kappa shape index (κ1) is 51.7. The average Bonchev–Trinajstić information content (AvgIpc) is 3.56. The summed E-state index contributed by atoms with van der Waals surface area (Å²) in [4.78, 5) is 10.7. The van der Waals surface area contributed by atoms with Crippen molar-refractivity contribution in [2.45, 2.75) is 36.3 Å². The van der Waals surface area contributed by atoms with E-state index in [0.29, 0.717) is 45.9 Å². The monoisotopic (exact) mass is 1100 g/mol. The Hall–Kier alpha value is -9.41. The van der Waals surface area contributed by atoms with Gasteiger partial charge in [-0.05, 0) is 212 Å². The van der Waals surface area contributed by atoms with Crippen molar-refractivity contribution in [3.8, 4) is 73.9 Å². The highest BCUT2D eigenvalue weighted by molar-refractivity contribution is 7.92. The van der Waals surface area contributed by atoms with E-state index in [1.165, 1.54) is 109 Å². The van der Waals surface area contributed by atoms with E-state index in [-0.39, 0.29) is 29.4 Å². The van der Waals surface area contributed by atoms with Crippen LogP contribution in [-0.2, 0) is 29.5 Å². The Labute approximate surface area is 457 Å². The van der Waals surface area contributed by atoms with Crippen LogP contribution in [-0.4, -0.2) is 42.3 Å². The number of sulfone groups is 3. The van der Waals surface area contributed by atoms with Gasteiger partial charge in [0.25, 0.3) is 0 Å². The van der Waals surface area contributed by atoms with E-state index in [4.69, 9.17) is 28.9 Å². The molecule has 0 fully saturated rings. The summed E-state index contributed by atoms with van der Waals surface area (Å²) in [6.45, 7) is 1.88. The van der Waals surface area contributed by atoms with Crippen molar-refractivity contribution in [2.75, 3.05) is 7.11 Å². The normalized spacial score (nSPS) is 11.7. The smallest absolute Gasteiger partial charge is 0.206 e. The lowest BCUT2D eigenvalue weighted by Gasteiger charge is -2.13. The van der Waals surface area contributed by atoms with Crippen LogP contribution < -0.4 is 18.9 Å². The molecule has 15 heteroatoms. The fourth-order valence-corrected chi connectivity index (χ4v) is 12.4. The number of benzene rings is 10. The Bertz CT molecular complexity index is 4340. The summed E-state index contributed by atoms with van der Waals surface area (Å²) in [5, 5.41) is 0. The van der Waals surface area contributed by atoms with E-state index in [0.717, 1.165) is 44.6 Å². The second-order valence-corrected chi connectivity index (χ2v) is 24.1. The molecule has 0 amide bonds. The largest absolute Gasteiger partial charge is 0.497 e. The summed E-state index contributed by atoms with van der Waals surface area (Å²) < 4.78 is 104. The topological polar surface area (TPSA) is 165 Å². The maximum Gasteiger partial charge on any atom is 0.206 e. The number of aromatic nitrogens is 2. The fraction of sp³-hybridized carbons (Fsp3) is 0.0312. The van der Waals surface area contributed by atoms with Crippen molar-refractivity contribution in [2.24, 2.45) is 0 Å². The van der Waals surface area contributed by atoms with Gasteiger partial charge < -0.3 is 18.9 Å². The second-order valence-electron chi connectivity index (χ2n) is 18.2. The van der Waals surface area contributed by atoms with Gasteiger partial charge in [-0.25, -0.2) is 35.2 Å². The van der Waals surface area contributed by atoms with Crippen molar-refractivity contribution in [3.63, 3.8) is 0 Å². The predicted octanol–water partition coefficient (Wildman–Crippen LogP) is 14.8. The van der Waals surface area contributed by atoms with Gasteiger partial charge in [-0.1, -0.05) is 54.1 Å². The lowest BCUT2D eigenvalue weighted by Crippen LogP contribution is -2.02. The zero-order valence-electron chi connectivity index (χ0n) is 42.3. The maximum atomic E-state index is 13.7. The molecule has 0 atom stereocenters. The predicted molar refractivity (Wildman–Crippen MR) is 302 cm³/mol. The van der Waals surface area contributed by atoms with Crippen LogP contribution in [0.5, 0.6) is 40.2 Å². The zero-order chi connectivity index (χ0) is 54.7. The molecule has 0 aliphatic heterocycles. The highest BCUT2D eigenvalue weighted by atomic mass is 32.2. The molecule has 10 aromatic carbocycles. The first-order valence-corrected chi connectivity index (χ1v) is 29.1. The molecule has 390 valence electrons. The van der Waals surface area contributed by atoms with E-state index in [1.54, 1.807) is 43.5 Å². The quantitative estimate of drug-likeness (QED) is 0.0900. The van der Waals surface area contributed by atoms with Crippen LogP contribution >= 0.6 is 0 Å². The number of hydrogen-bond donors (Lipinski definition) is 0. The first-order valence-electron chi connectivity index (χ1n) is 24.7. The molecule has 11 aromatic rings. The molecular formula is C64H46N2O10S3. The standard InChI is InChI=1S/C64H46N2O10S3/c1-43-8-29-55(30-9-43)77(67,68)56-31-21-51(22-32-56)75-52-23-37-59(38-24-52)79(71,72)60-39-27-54(28-40-60)76-53-25-35-58(36-26-53)78(69,70)57-33-19-50(20-34-57)74-49-17-12-46(13-18-49)63-64(45-10-15-48(73-2)16-11-45)66-62-42-47(14-41-61(62)65-63)44-6-4-3-5-7-44/h3-42H,1-2H3. The van der Waals surface area contributed by atoms with E-state index < -0.39 is 29.5 Å². The third-order valence-corrected chi connectivity index (χ3v) is 18.3. The average molecular weight is 1100 g/mol. The lowest BCUT2D eigenvalue weighted by molar-refractivity contribution is 0.415. The van der Waals surface area contributed by atoms with Crippen LogP contribution in [0.15, 0.2) is 272 Å². The van der Waals surface area contributed by atoms with Crippen LogP contribution in [0, 0.1) is 6.92 Å². The van der Waals surface area contributed by atoms with Crippen molar-refractivity contribution < 1.29 is 44.2 Å². The molecule has 0 radical (unpaired) electrons. The molecule has 1 heterocycles. The van der Waals surface area contributed by atoms with E-state index >= 15 is 0 Å². The summed E-state index contributed by atoms with van der Waals surface area (Å²) >= 11 is 0. The third kappa shape index (κ3) is 11.1. The van der Waals surface area contributed by atoms with Crippen LogP contribution in [0.3, 0.4) is 0 Å². The molecule has 0 unspecified atom stereocenters. The molecule has 0 aliphatic carbocycles. The van der Waals surface area contributed by atoms with Gasteiger partial charge in [-0.15, -0.1) is 0 Å². The molecule has 1 aromatic heterocycles. The second kappa shape index (κ2) is 21.5. The molecule has 12 nitrogen and oxygen atoms in total. The number of methoxy groups -OCH3 is 1. The molecule has 0 aliphatic rings. The van der Waals surface area contributed by atoms with Crippen molar-refractivity contribution in [1.82, 2.24) is 9.97 Å². The molecule has 79 heavy (non-hydrogen) atoms. The van der Waals surface area contributed by atoms with Gasteiger partial charge >= 0.3 is 0 Å². The Morgan fingerprint density at radius 2 is 0.582 bits per heavy atom. The maximum absolute atomic E-state index is 13.7. The summed E-state index contributed by atoms with van der Waals surface area (Å²) in [6, 6.07) is 67.8. The van der Waals surface area contributed by atoms with E-state index in [1.807, 2.05) is 85.8 Å². The highest BCUT2D eigenvalue weighted by Crippen LogP contribution is 2.36. The fourth-order valence-electron chi connectivity index (χ4n) is 8.66. The molecule has 0 N–H and O–H groups in total. The number of aryl methyl sites for hydroxylation is 1. The van der Waals surface area contributed by atoms with Crippen molar-refractivity contribution in [1.29, 1.82) is 0 Å². The van der Waals surface area contributed by atoms with Gasteiger partial charge in [0, 0.05) is 11.1 Å². The zero-order valence-corrected chi connectivity index (χ0v) is 44.7. The Balaban J connectivity index is 0.712. The highest BCUT2D eigenvalue weighted by Gasteiger charge is 2.22. The number of rotatable bonds is 16.